The summed E-state index contributed by atoms with van der Waals surface area (Å²) < 4.78 is 43.1. The van der Waals surface area contributed by atoms with Crippen LogP contribution in [0.3, 0.4) is 0 Å². The normalized spacial score (nSPS) is 19.0. The third-order valence-electron chi connectivity index (χ3n) is 6.06. The highest BCUT2D eigenvalue weighted by molar-refractivity contribution is 5.74. The van der Waals surface area contributed by atoms with E-state index in [-0.39, 0.29) is 5.75 Å². The summed E-state index contributed by atoms with van der Waals surface area (Å²) in [6.07, 6.45) is -1.29. The summed E-state index contributed by atoms with van der Waals surface area (Å²) in [4.78, 5) is 6.99. The third kappa shape index (κ3) is 3.67. The summed E-state index contributed by atoms with van der Waals surface area (Å²) in [6.45, 7) is 4.03. The number of piperidine rings is 1. The number of benzene rings is 1. The highest BCUT2D eigenvalue weighted by atomic mass is 19.4. The molecule has 2 saturated heterocycles. The molecule has 0 amide bonds. The standard InChI is InChI=1S/C20H21F3N6O/c21-20(22,23)30-15-3-1-2-14(12-15)29-18-16(26-27-29)4-5-17(25-18)28-10-7-19(8-11-28)6-9-24-13-19/h1-5,12,24H,6-11,13H2. The SMILES string of the molecule is FC(F)(F)Oc1cccc(-n2nnc3ccc(N4CCC5(CCNC5)CC4)nc32)c1. The Kier molecular flexibility index (Phi) is 4.53. The van der Waals surface area contributed by atoms with Crippen molar-refractivity contribution in [1.82, 2.24) is 25.3 Å². The van der Waals surface area contributed by atoms with E-state index < -0.39 is 6.36 Å². The number of hydrogen-bond donors (Lipinski definition) is 1. The lowest BCUT2D eigenvalue weighted by molar-refractivity contribution is -0.274. The number of nitrogens with one attached hydrogen (secondary N) is 1. The van der Waals surface area contributed by atoms with Crippen LogP contribution in [0.5, 0.6) is 5.75 Å². The zero-order valence-electron chi connectivity index (χ0n) is 16.2. The van der Waals surface area contributed by atoms with Gasteiger partial charge in [0.25, 0.3) is 0 Å². The van der Waals surface area contributed by atoms with E-state index in [1.807, 2.05) is 12.1 Å². The molecule has 5 rings (SSSR count). The van der Waals surface area contributed by atoms with Crippen LogP contribution >= 0.6 is 0 Å². The van der Waals surface area contributed by atoms with Crippen molar-refractivity contribution >= 4 is 17.0 Å². The van der Waals surface area contributed by atoms with Gasteiger partial charge in [0.1, 0.15) is 17.1 Å². The largest absolute Gasteiger partial charge is 0.573 e. The van der Waals surface area contributed by atoms with Crippen molar-refractivity contribution in [3.8, 4) is 11.4 Å². The molecule has 2 fully saturated rings. The van der Waals surface area contributed by atoms with Crippen LogP contribution in [-0.2, 0) is 0 Å². The predicted molar refractivity (Wildman–Crippen MR) is 105 cm³/mol. The average molecular weight is 418 g/mol. The number of fused-ring (bicyclic) bond motifs is 1. The van der Waals surface area contributed by atoms with Gasteiger partial charge in [-0.2, -0.15) is 4.68 Å². The number of alkyl halides is 3. The molecule has 2 aliphatic rings. The minimum atomic E-state index is -4.76. The van der Waals surface area contributed by atoms with Crippen molar-refractivity contribution in [2.75, 3.05) is 31.1 Å². The maximum atomic E-state index is 12.6. The summed E-state index contributed by atoms with van der Waals surface area (Å²) >= 11 is 0. The average Bonchev–Trinajstić information content (AvgIpc) is 3.34. The molecule has 0 radical (unpaired) electrons. The molecular weight excluding hydrogens is 397 g/mol. The molecule has 4 heterocycles. The molecule has 10 heteroatoms. The van der Waals surface area contributed by atoms with E-state index in [0.717, 1.165) is 44.8 Å². The van der Waals surface area contributed by atoms with Crippen LogP contribution in [-0.4, -0.2) is 52.5 Å². The van der Waals surface area contributed by atoms with Crippen molar-refractivity contribution in [2.24, 2.45) is 5.41 Å². The van der Waals surface area contributed by atoms with Crippen molar-refractivity contribution in [3.63, 3.8) is 0 Å². The van der Waals surface area contributed by atoms with Crippen LogP contribution in [0.2, 0.25) is 0 Å². The van der Waals surface area contributed by atoms with Crippen LogP contribution in [0.4, 0.5) is 19.0 Å². The van der Waals surface area contributed by atoms with Gasteiger partial charge in [0.05, 0.1) is 5.69 Å². The van der Waals surface area contributed by atoms with Crippen molar-refractivity contribution in [2.45, 2.75) is 25.6 Å². The first kappa shape index (κ1) is 19.1. The number of nitrogens with zero attached hydrogens (tertiary/aromatic N) is 5. The first-order valence-corrected chi connectivity index (χ1v) is 9.95. The second-order valence-electron chi connectivity index (χ2n) is 7.97. The zero-order chi connectivity index (χ0) is 20.8. The van der Waals surface area contributed by atoms with Crippen molar-refractivity contribution in [3.05, 3.63) is 36.4 Å². The summed E-state index contributed by atoms with van der Waals surface area (Å²) in [6, 6.07) is 9.41. The van der Waals surface area contributed by atoms with E-state index in [2.05, 4.69) is 25.3 Å². The van der Waals surface area contributed by atoms with Crippen molar-refractivity contribution < 1.29 is 17.9 Å². The van der Waals surface area contributed by atoms with Gasteiger partial charge in [0.2, 0.25) is 0 Å². The number of pyridine rings is 1. The molecule has 1 spiro atoms. The first-order valence-electron chi connectivity index (χ1n) is 9.95. The molecule has 1 N–H and O–H groups in total. The second-order valence-corrected chi connectivity index (χ2v) is 7.97. The summed E-state index contributed by atoms with van der Waals surface area (Å²) in [5, 5.41) is 11.7. The van der Waals surface area contributed by atoms with E-state index in [9.17, 15) is 13.2 Å². The van der Waals surface area contributed by atoms with E-state index in [1.165, 1.54) is 29.3 Å². The minimum Gasteiger partial charge on any atom is -0.406 e. The predicted octanol–water partition coefficient (Wildman–Crippen LogP) is 3.29. The van der Waals surface area contributed by atoms with E-state index in [4.69, 9.17) is 4.98 Å². The Morgan fingerprint density at radius 1 is 1.07 bits per heavy atom. The molecule has 7 nitrogen and oxygen atoms in total. The number of rotatable bonds is 3. The zero-order valence-corrected chi connectivity index (χ0v) is 16.2. The Labute approximate surface area is 170 Å². The number of ether oxygens (including phenoxy) is 1. The molecule has 0 saturated carbocycles. The fourth-order valence-corrected chi connectivity index (χ4v) is 4.40. The number of hydrogen-bond acceptors (Lipinski definition) is 6. The van der Waals surface area contributed by atoms with Gasteiger partial charge in [-0.1, -0.05) is 11.3 Å². The Morgan fingerprint density at radius 3 is 2.63 bits per heavy atom. The first-order chi connectivity index (χ1) is 14.4. The van der Waals surface area contributed by atoms with Gasteiger partial charge in [-0.05, 0) is 55.5 Å². The highest BCUT2D eigenvalue weighted by Crippen LogP contribution is 2.38. The fraction of sp³-hybridized carbons (Fsp3) is 0.450. The Morgan fingerprint density at radius 2 is 1.90 bits per heavy atom. The number of anilines is 1. The van der Waals surface area contributed by atoms with Gasteiger partial charge in [0.15, 0.2) is 5.65 Å². The lowest BCUT2D eigenvalue weighted by Crippen LogP contribution is -2.41. The van der Waals surface area contributed by atoms with Crippen molar-refractivity contribution in [1.29, 1.82) is 0 Å². The summed E-state index contributed by atoms with van der Waals surface area (Å²) in [5.41, 5.74) is 1.88. The fourth-order valence-electron chi connectivity index (χ4n) is 4.40. The van der Waals surface area contributed by atoms with Gasteiger partial charge in [0, 0.05) is 25.7 Å². The molecule has 1 aromatic carbocycles. The van der Waals surface area contributed by atoms with E-state index in [0.29, 0.717) is 22.3 Å². The lowest BCUT2D eigenvalue weighted by Gasteiger charge is -2.39. The van der Waals surface area contributed by atoms with Gasteiger partial charge in [-0.25, -0.2) is 4.98 Å². The molecule has 30 heavy (non-hydrogen) atoms. The highest BCUT2D eigenvalue weighted by Gasteiger charge is 2.37. The molecule has 2 aromatic heterocycles. The monoisotopic (exact) mass is 418 g/mol. The smallest absolute Gasteiger partial charge is 0.406 e. The molecule has 158 valence electrons. The maximum Gasteiger partial charge on any atom is 0.573 e. The Hall–Kier alpha value is -2.88. The molecule has 0 aliphatic carbocycles. The van der Waals surface area contributed by atoms with Gasteiger partial charge >= 0.3 is 6.36 Å². The molecule has 0 unspecified atom stereocenters. The molecular formula is C20H21F3N6O. The van der Waals surface area contributed by atoms with Crippen LogP contribution in [0, 0.1) is 5.41 Å². The topological polar surface area (TPSA) is 68.1 Å². The molecule has 2 aliphatic heterocycles. The maximum absolute atomic E-state index is 12.6. The molecule has 0 atom stereocenters. The summed E-state index contributed by atoms with van der Waals surface area (Å²) in [5.74, 6) is 0.515. The van der Waals surface area contributed by atoms with Crippen LogP contribution in [0.25, 0.3) is 16.9 Å². The van der Waals surface area contributed by atoms with E-state index in [1.54, 1.807) is 6.07 Å². The van der Waals surface area contributed by atoms with Crippen LogP contribution in [0.1, 0.15) is 19.3 Å². The van der Waals surface area contributed by atoms with E-state index >= 15 is 0 Å². The molecule has 0 bridgehead atoms. The van der Waals surface area contributed by atoms with Gasteiger partial charge in [-0.15, -0.1) is 18.3 Å². The van der Waals surface area contributed by atoms with Crippen LogP contribution in [0.15, 0.2) is 36.4 Å². The quantitative estimate of drug-likeness (QED) is 0.704. The number of halogens is 3. The van der Waals surface area contributed by atoms with Gasteiger partial charge in [-0.3, -0.25) is 0 Å². The number of aromatic nitrogens is 4. The Balaban J connectivity index is 1.42. The van der Waals surface area contributed by atoms with Gasteiger partial charge < -0.3 is 15.0 Å². The second kappa shape index (κ2) is 7.12. The lowest BCUT2D eigenvalue weighted by atomic mass is 9.78. The minimum absolute atomic E-state index is 0.314. The Bertz CT molecular complexity index is 1050. The third-order valence-corrected chi connectivity index (χ3v) is 6.06. The molecule has 3 aromatic rings. The summed E-state index contributed by atoms with van der Waals surface area (Å²) in [7, 11) is 0. The van der Waals surface area contributed by atoms with Crippen LogP contribution < -0.4 is 15.0 Å².